The van der Waals surface area contributed by atoms with Gasteiger partial charge in [-0.1, -0.05) is 18.5 Å². The second-order valence-electron chi connectivity index (χ2n) is 6.97. The Morgan fingerprint density at radius 2 is 2.03 bits per heavy atom. The van der Waals surface area contributed by atoms with E-state index in [4.69, 9.17) is 25.8 Å². The minimum absolute atomic E-state index is 0.116. The first-order valence-corrected chi connectivity index (χ1v) is 9.40. The normalized spacial score (nSPS) is 22.8. The van der Waals surface area contributed by atoms with E-state index in [2.05, 4.69) is 10.3 Å². The predicted molar refractivity (Wildman–Crippen MR) is 107 cm³/mol. The highest BCUT2D eigenvalue weighted by Gasteiger charge is 2.60. The fraction of sp³-hybridized carbons (Fsp3) is 0.286. The molecule has 2 unspecified atom stereocenters. The van der Waals surface area contributed by atoms with E-state index in [0.717, 1.165) is 5.69 Å². The van der Waals surface area contributed by atoms with E-state index in [0.29, 0.717) is 17.9 Å². The first-order valence-electron chi connectivity index (χ1n) is 9.02. The summed E-state index contributed by atoms with van der Waals surface area (Å²) in [6.45, 7) is 1.80. The number of nitrogens with zero attached hydrogens (tertiary/aromatic N) is 1. The van der Waals surface area contributed by atoms with Crippen molar-refractivity contribution in [1.29, 1.82) is 0 Å². The second kappa shape index (κ2) is 7.08. The summed E-state index contributed by atoms with van der Waals surface area (Å²) in [5.41, 5.74) is -0.0723. The number of methoxy groups -OCH3 is 2. The smallest absolute Gasteiger partial charge is 0.236 e. The molecule has 1 spiro atoms. The van der Waals surface area contributed by atoms with Gasteiger partial charge >= 0.3 is 0 Å². The summed E-state index contributed by atoms with van der Waals surface area (Å²) in [5, 5.41) is 3.31. The molecule has 1 aliphatic carbocycles. The van der Waals surface area contributed by atoms with Crippen LogP contribution in [0.1, 0.15) is 23.7 Å². The van der Waals surface area contributed by atoms with Crippen LogP contribution >= 0.6 is 11.6 Å². The monoisotopic (exact) mass is 414 g/mol. The highest BCUT2D eigenvalue weighted by atomic mass is 35.5. The number of benzene rings is 1. The summed E-state index contributed by atoms with van der Waals surface area (Å²) in [4.78, 5) is 30.6. The summed E-state index contributed by atoms with van der Waals surface area (Å²) in [6, 6.07) is 5.16. The highest BCUT2D eigenvalue weighted by Crippen LogP contribution is 2.53. The number of carbonyl (C=O) groups excluding carboxylic acids is 2. The summed E-state index contributed by atoms with van der Waals surface area (Å²) in [5.74, 6) is -0.663. The number of rotatable bonds is 4. The Balaban J connectivity index is 1.74. The van der Waals surface area contributed by atoms with Crippen LogP contribution in [0.5, 0.6) is 17.2 Å². The molecule has 1 aromatic heterocycles. The fourth-order valence-electron chi connectivity index (χ4n) is 3.84. The van der Waals surface area contributed by atoms with Gasteiger partial charge in [0.25, 0.3) is 0 Å². The summed E-state index contributed by atoms with van der Waals surface area (Å²) < 4.78 is 16.6. The highest BCUT2D eigenvalue weighted by molar-refractivity contribution is 6.36. The third-order valence-corrected chi connectivity index (χ3v) is 5.63. The van der Waals surface area contributed by atoms with Crippen molar-refractivity contribution in [3.05, 3.63) is 53.0 Å². The average Bonchev–Trinajstić information content (AvgIpc) is 3.03. The summed E-state index contributed by atoms with van der Waals surface area (Å²) in [6.07, 6.45) is 5.16. The van der Waals surface area contributed by atoms with Crippen molar-refractivity contribution >= 4 is 28.9 Å². The Morgan fingerprint density at radius 3 is 2.66 bits per heavy atom. The largest absolute Gasteiger partial charge is 0.496 e. The minimum Gasteiger partial charge on any atom is -0.496 e. The number of allylic oxidation sites excluding steroid dienone is 1. The van der Waals surface area contributed by atoms with E-state index in [9.17, 15) is 9.59 Å². The molecule has 4 rings (SSSR count). The topological polar surface area (TPSA) is 86.8 Å². The van der Waals surface area contributed by atoms with Gasteiger partial charge in [0.05, 0.1) is 26.1 Å². The van der Waals surface area contributed by atoms with E-state index < -0.39 is 23.1 Å². The second-order valence-corrected chi connectivity index (χ2v) is 7.35. The van der Waals surface area contributed by atoms with Crippen LogP contribution in [0.15, 0.2) is 42.4 Å². The molecule has 2 aromatic rings. The van der Waals surface area contributed by atoms with Crippen LogP contribution in [-0.4, -0.2) is 36.4 Å². The molecule has 2 atom stereocenters. The van der Waals surface area contributed by atoms with Crippen molar-refractivity contribution in [3.8, 4) is 17.2 Å². The zero-order valence-electron chi connectivity index (χ0n) is 16.1. The average molecular weight is 415 g/mol. The van der Waals surface area contributed by atoms with Crippen molar-refractivity contribution in [1.82, 2.24) is 4.98 Å². The molecular formula is C21H19ClN2O5. The Morgan fingerprint density at radius 1 is 1.28 bits per heavy atom. The van der Waals surface area contributed by atoms with Gasteiger partial charge in [0.15, 0.2) is 5.75 Å². The number of carbonyl (C=O) groups is 2. The van der Waals surface area contributed by atoms with Crippen LogP contribution in [0, 0.1) is 5.92 Å². The van der Waals surface area contributed by atoms with Gasteiger partial charge in [-0.2, -0.15) is 0 Å². The van der Waals surface area contributed by atoms with Gasteiger partial charge in [0.2, 0.25) is 17.2 Å². The SMILES string of the molecule is COc1cc(OC)c2c(c1Cl)OC1(C(=O)C=C(Nc3cccnc3)CC1C)C2=O. The molecule has 150 valence electrons. The lowest BCUT2D eigenvalue weighted by Crippen LogP contribution is -2.55. The number of hydrogen-bond donors (Lipinski definition) is 1. The summed E-state index contributed by atoms with van der Waals surface area (Å²) in [7, 11) is 2.89. The van der Waals surface area contributed by atoms with Crippen molar-refractivity contribution in [2.75, 3.05) is 19.5 Å². The number of nitrogens with one attached hydrogen (secondary N) is 1. The van der Waals surface area contributed by atoms with E-state index in [1.165, 1.54) is 26.4 Å². The van der Waals surface area contributed by atoms with Crippen molar-refractivity contribution in [2.45, 2.75) is 18.9 Å². The van der Waals surface area contributed by atoms with E-state index in [1.54, 1.807) is 25.4 Å². The maximum Gasteiger partial charge on any atom is 0.236 e. The van der Waals surface area contributed by atoms with Crippen LogP contribution in [0.2, 0.25) is 5.02 Å². The number of pyridine rings is 1. The van der Waals surface area contributed by atoms with Gasteiger partial charge in [-0.25, -0.2) is 0 Å². The molecule has 1 aromatic carbocycles. The molecule has 0 saturated heterocycles. The molecule has 0 radical (unpaired) electrons. The fourth-order valence-corrected chi connectivity index (χ4v) is 4.10. The lowest BCUT2D eigenvalue weighted by molar-refractivity contribution is -0.129. The number of halogens is 1. The van der Waals surface area contributed by atoms with Crippen molar-refractivity contribution in [2.24, 2.45) is 5.92 Å². The quantitative estimate of drug-likeness (QED) is 0.763. The van der Waals surface area contributed by atoms with Crippen LogP contribution < -0.4 is 19.5 Å². The number of ether oxygens (including phenoxy) is 3. The third-order valence-electron chi connectivity index (χ3n) is 5.28. The van der Waals surface area contributed by atoms with Gasteiger partial charge in [-0.3, -0.25) is 14.6 Å². The zero-order valence-corrected chi connectivity index (χ0v) is 16.9. The Kier molecular flexibility index (Phi) is 4.70. The van der Waals surface area contributed by atoms with Crippen LogP contribution in [-0.2, 0) is 4.79 Å². The molecule has 8 heteroatoms. The van der Waals surface area contributed by atoms with Gasteiger partial charge in [-0.05, 0) is 18.6 Å². The van der Waals surface area contributed by atoms with Crippen molar-refractivity contribution < 1.29 is 23.8 Å². The number of hydrogen-bond acceptors (Lipinski definition) is 7. The van der Waals surface area contributed by atoms with Crippen LogP contribution in [0.3, 0.4) is 0 Å². The number of aromatic nitrogens is 1. The molecule has 29 heavy (non-hydrogen) atoms. The van der Waals surface area contributed by atoms with Gasteiger partial charge in [0.1, 0.15) is 22.1 Å². The molecule has 1 N–H and O–H groups in total. The third kappa shape index (κ3) is 2.84. The first-order chi connectivity index (χ1) is 13.9. The summed E-state index contributed by atoms with van der Waals surface area (Å²) >= 11 is 6.38. The van der Waals surface area contributed by atoms with Gasteiger partial charge in [-0.15, -0.1) is 0 Å². The maximum atomic E-state index is 13.4. The zero-order chi connectivity index (χ0) is 20.8. The molecule has 0 amide bonds. The molecule has 0 fully saturated rings. The van der Waals surface area contributed by atoms with E-state index >= 15 is 0 Å². The molecule has 7 nitrogen and oxygen atoms in total. The minimum atomic E-state index is -1.67. The van der Waals surface area contributed by atoms with Crippen molar-refractivity contribution in [3.63, 3.8) is 0 Å². The van der Waals surface area contributed by atoms with E-state index in [-0.39, 0.29) is 22.1 Å². The molecule has 2 aliphatic rings. The number of Topliss-reactive ketones (excluding diaryl/α,β-unsaturated/α-hetero) is 1. The first kappa shape index (κ1) is 19.3. The van der Waals surface area contributed by atoms with Gasteiger partial charge < -0.3 is 19.5 Å². The molecular weight excluding hydrogens is 396 g/mol. The number of anilines is 1. The Bertz CT molecular complexity index is 1040. The molecule has 1 aliphatic heterocycles. The van der Waals surface area contributed by atoms with Crippen LogP contribution in [0.25, 0.3) is 0 Å². The Labute approximate surface area is 172 Å². The molecule has 0 saturated carbocycles. The number of fused-ring (bicyclic) bond motifs is 1. The number of ketones is 2. The lowest BCUT2D eigenvalue weighted by atomic mass is 9.74. The maximum absolute atomic E-state index is 13.4. The Hall–Kier alpha value is -3.06. The predicted octanol–water partition coefficient (Wildman–Crippen LogP) is 3.67. The molecule has 2 heterocycles. The van der Waals surface area contributed by atoms with Crippen LogP contribution in [0.4, 0.5) is 5.69 Å². The lowest BCUT2D eigenvalue weighted by Gasteiger charge is -2.35. The van der Waals surface area contributed by atoms with E-state index in [1.807, 2.05) is 6.07 Å². The molecule has 0 bridgehead atoms. The standard InChI is InChI=1S/C21H19ClN2O5/c1-11-7-13(24-12-5-4-6-23-10-12)8-16(25)21(11)20(26)17-14(27-2)9-15(28-3)18(22)19(17)29-21/h4-6,8-11,24H,7H2,1-3H3. The van der Waals surface area contributed by atoms with Gasteiger partial charge in [0, 0.05) is 30.0 Å².